The summed E-state index contributed by atoms with van der Waals surface area (Å²) in [6.07, 6.45) is 1.60. The Morgan fingerprint density at radius 1 is 1.21 bits per heavy atom. The van der Waals surface area contributed by atoms with Crippen LogP contribution in [0.1, 0.15) is 48.4 Å². The first kappa shape index (κ1) is 18.1. The molecule has 0 fully saturated rings. The molecule has 0 aliphatic rings. The van der Waals surface area contributed by atoms with Crippen molar-refractivity contribution in [3.8, 4) is 5.69 Å². The molecule has 0 saturated carbocycles. The molecular formula is C18H26N4O2. The lowest BCUT2D eigenvalue weighted by Crippen LogP contribution is -2.39. The molecule has 6 heteroatoms. The van der Waals surface area contributed by atoms with Gasteiger partial charge < -0.3 is 10.4 Å². The van der Waals surface area contributed by atoms with Crippen LogP contribution in [-0.4, -0.2) is 39.2 Å². The number of hydrogen-bond donors (Lipinski definition) is 2. The normalized spacial score (nSPS) is 11.5. The molecule has 1 amide bonds. The van der Waals surface area contributed by atoms with Crippen molar-refractivity contribution in [2.75, 3.05) is 13.2 Å². The highest BCUT2D eigenvalue weighted by Gasteiger charge is 2.27. The Morgan fingerprint density at radius 2 is 1.83 bits per heavy atom. The molecular weight excluding hydrogens is 304 g/mol. The maximum absolute atomic E-state index is 12.5. The molecule has 0 saturated heterocycles. The topological polar surface area (TPSA) is 80.0 Å². The van der Waals surface area contributed by atoms with Gasteiger partial charge in [-0.25, -0.2) is 4.68 Å². The van der Waals surface area contributed by atoms with Crippen LogP contribution in [0, 0.1) is 19.3 Å². The molecule has 2 N–H and O–H groups in total. The number of amides is 1. The van der Waals surface area contributed by atoms with Gasteiger partial charge in [-0.1, -0.05) is 36.8 Å². The van der Waals surface area contributed by atoms with Crippen LogP contribution in [0.4, 0.5) is 0 Å². The number of aromatic nitrogens is 3. The van der Waals surface area contributed by atoms with Crippen LogP contribution in [0.15, 0.2) is 24.3 Å². The lowest BCUT2D eigenvalue weighted by Gasteiger charge is -2.29. The molecule has 0 bridgehead atoms. The molecule has 0 unspecified atom stereocenters. The number of nitrogens with zero attached hydrogens (tertiary/aromatic N) is 3. The second kappa shape index (κ2) is 7.57. The number of aliphatic hydroxyl groups is 1. The van der Waals surface area contributed by atoms with E-state index < -0.39 is 0 Å². The first-order valence-electron chi connectivity index (χ1n) is 8.34. The quantitative estimate of drug-likeness (QED) is 0.817. The third-order valence-corrected chi connectivity index (χ3v) is 4.85. The van der Waals surface area contributed by atoms with E-state index in [4.69, 9.17) is 0 Å². The summed E-state index contributed by atoms with van der Waals surface area (Å²) < 4.78 is 1.66. The fourth-order valence-electron chi connectivity index (χ4n) is 2.60. The van der Waals surface area contributed by atoms with Crippen LogP contribution in [-0.2, 0) is 0 Å². The minimum Gasteiger partial charge on any atom is -0.396 e. The van der Waals surface area contributed by atoms with Gasteiger partial charge in [0.2, 0.25) is 0 Å². The first-order valence-corrected chi connectivity index (χ1v) is 8.34. The summed E-state index contributed by atoms with van der Waals surface area (Å²) in [6.45, 7) is 8.36. The monoisotopic (exact) mass is 330 g/mol. The van der Waals surface area contributed by atoms with Crippen LogP contribution < -0.4 is 5.32 Å². The summed E-state index contributed by atoms with van der Waals surface area (Å²) in [6, 6.07) is 7.88. The van der Waals surface area contributed by atoms with Gasteiger partial charge in [-0.05, 0) is 38.8 Å². The van der Waals surface area contributed by atoms with Gasteiger partial charge in [0.1, 0.15) is 0 Å². The van der Waals surface area contributed by atoms with E-state index in [0.717, 1.165) is 24.1 Å². The minimum atomic E-state index is -0.281. The maximum atomic E-state index is 12.5. The van der Waals surface area contributed by atoms with Crippen LogP contribution in [0.3, 0.4) is 0 Å². The summed E-state index contributed by atoms with van der Waals surface area (Å²) in [7, 11) is 0. The minimum absolute atomic E-state index is 0.0509. The van der Waals surface area contributed by atoms with Gasteiger partial charge in [0, 0.05) is 12.0 Å². The van der Waals surface area contributed by atoms with Crippen molar-refractivity contribution >= 4 is 5.91 Å². The fraction of sp³-hybridized carbons (Fsp3) is 0.500. The zero-order valence-corrected chi connectivity index (χ0v) is 14.8. The van der Waals surface area contributed by atoms with Crippen molar-refractivity contribution < 1.29 is 9.90 Å². The largest absolute Gasteiger partial charge is 0.396 e. The highest BCUT2D eigenvalue weighted by Crippen LogP contribution is 2.24. The predicted molar refractivity (Wildman–Crippen MR) is 93.3 cm³/mol. The molecule has 24 heavy (non-hydrogen) atoms. The molecule has 0 radical (unpaired) electrons. The smallest absolute Gasteiger partial charge is 0.273 e. The molecule has 0 atom stereocenters. The molecule has 0 spiro atoms. The number of carbonyl (C=O) groups excluding carboxylic acids is 1. The standard InChI is InChI=1S/C18H26N4O2/c1-5-18(6-2,12-23)11-19-17(24)16-14(4)22(21-20-16)15-9-7-13(3)8-10-15/h7-10,23H,5-6,11-12H2,1-4H3,(H,19,24). The van der Waals surface area contributed by atoms with Gasteiger partial charge in [0.05, 0.1) is 18.0 Å². The number of aliphatic hydroxyl groups excluding tert-OH is 1. The number of nitrogens with one attached hydrogen (secondary N) is 1. The van der Waals surface area contributed by atoms with E-state index in [9.17, 15) is 9.90 Å². The predicted octanol–water partition coefficient (Wildman–Crippen LogP) is 2.41. The number of carbonyl (C=O) groups is 1. The Kier molecular flexibility index (Phi) is 5.72. The zero-order chi connectivity index (χ0) is 17.7. The molecule has 0 aliphatic heterocycles. The molecule has 1 heterocycles. The number of benzene rings is 1. The van der Waals surface area contributed by atoms with Crippen LogP contribution in [0.5, 0.6) is 0 Å². The highest BCUT2D eigenvalue weighted by atomic mass is 16.3. The van der Waals surface area contributed by atoms with Crippen LogP contribution in [0.2, 0.25) is 0 Å². The fourth-order valence-corrected chi connectivity index (χ4v) is 2.60. The molecule has 6 nitrogen and oxygen atoms in total. The number of aryl methyl sites for hydroxylation is 1. The van der Waals surface area contributed by atoms with Crippen molar-refractivity contribution in [1.82, 2.24) is 20.3 Å². The third kappa shape index (κ3) is 3.64. The van der Waals surface area contributed by atoms with Gasteiger partial charge in [0.25, 0.3) is 5.91 Å². The van der Waals surface area contributed by atoms with Crippen molar-refractivity contribution in [3.63, 3.8) is 0 Å². The van der Waals surface area contributed by atoms with E-state index in [0.29, 0.717) is 17.9 Å². The molecule has 2 rings (SSSR count). The Balaban J connectivity index is 2.15. The van der Waals surface area contributed by atoms with E-state index in [-0.39, 0.29) is 17.9 Å². The molecule has 130 valence electrons. The van der Waals surface area contributed by atoms with E-state index >= 15 is 0 Å². The van der Waals surface area contributed by atoms with Crippen molar-refractivity contribution in [3.05, 3.63) is 41.2 Å². The molecule has 0 aliphatic carbocycles. The number of hydrogen-bond acceptors (Lipinski definition) is 4. The van der Waals surface area contributed by atoms with Crippen molar-refractivity contribution in [2.24, 2.45) is 5.41 Å². The second-order valence-corrected chi connectivity index (χ2v) is 6.32. The summed E-state index contributed by atoms with van der Waals surface area (Å²) >= 11 is 0. The summed E-state index contributed by atoms with van der Waals surface area (Å²) in [5.74, 6) is -0.259. The second-order valence-electron chi connectivity index (χ2n) is 6.32. The Hall–Kier alpha value is -2.21. The van der Waals surface area contributed by atoms with Crippen LogP contribution >= 0.6 is 0 Å². The average molecular weight is 330 g/mol. The van der Waals surface area contributed by atoms with Gasteiger partial charge in [-0.15, -0.1) is 5.10 Å². The lowest BCUT2D eigenvalue weighted by molar-refractivity contribution is 0.0846. The SMILES string of the molecule is CCC(CC)(CO)CNC(=O)c1nnn(-c2ccc(C)cc2)c1C. The van der Waals surface area contributed by atoms with Crippen molar-refractivity contribution in [1.29, 1.82) is 0 Å². The summed E-state index contributed by atoms with van der Waals surface area (Å²) in [4.78, 5) is 12.5. The van der Waals surface area contributed by atoms with E-state index in [2.05, 4.69) is 15.6 Å². The van der Waals surface area contributed by atoms with E-state index in [1.807, 2.05) is 52.0 Å². The molecule has 1 aromatic heterocycles. The Bertz CT molecular complexity index is 679. The Labute approximate surface area is 142 Å². The average Bonchev–Trinajstić information content (AvgIpc) is 2.99. The molecule has 1 aromatic carbocycles. The summed E-state index contributed by atoms with van der Waals surface area (Å²) in [5.41, 5.74) is 2.76. The highest BCUT2D eigenvalue weighted by molar-refractivity contribution is 5.93. The van der Waals surface area contributed by atoms with Gasteiger partial charge in [-0.2, -0.15) is 0 Å². The van der Waals surface area contributed by atoms with Gasteiger partial charge in [0.15, 0.2) is 5.69 Å². The van der Waals surface area contributed by atoms with E-state index in [1.165, 1.54) is 0 Å². The zero-order valence-electron chi connectivity index (χ0n) is 14.8. The number of rotatable bonds is 7. The molecule has 2 aromatic rings. The van der Waals surface area contributed by atoms with E-state index in [1.54, 1.807) is 4.68 Å². The summed E-state index contributed by atoms with van der Waals surface area (Å²) in [5, 5.41) is 20.6. The van der Waals surface area contributed by atoms with Gasteiger partial charge in [-0.3, -0.25) is 4.79 Å². The maximum Gasteiger partial charge on any atom is 0.273 e. The van der Waals surface area contributed by atoms with Gasteiger partial charge >= 0.3 is 0 Å². The Morgan fingerprint density at radius 3 is 2.38 bits per heavy atom. The van der Waals surface area contributed by atoms with Crippen LogP contribution in [0.25, 0.3) is 5.69 Å². The van der Waals surface area contributed by atoms with Crippen molar-refractivity contribution in [2.45, 2.75) is 40.5 Å². The third-order valence-electron chi connectivity index (χ3n) is 4.85. The first-order chi connectivity index (χ1) is 11.5. The lowest BCUT2D eigenvalue weighted by atomic mass is 9.83.